The number of likely N-dealkylation sites (N-methyl/N-ethyl adjacent to an activating group) is 1. The van der Waals surface area contributed by atoms with E-state index < -0.39 is 6.03 Å². The molecule has 1 saturated heterocycles. The lowest BCUT2D eigenvalue weighted by Crippen LogP contribution is -2.31. The minimum atomic E-state index is -0.449. The molecule has 0 bridgehead atoms. The number of hydrogen-bond acceptors (Lipinski definition) is 6. The van der Waals surface area contributed by atoms with Crippen molar-refractivity contribution in [3.05, 3.63) is 87.6 Å². The van der Waals surface area contributed by atoms with Crippen LogP contribution in [0.4, 0.5) is 16.3 Å². The molecule has 2 heterocycles. The predicted octanol–water partition coefficient (Wildman–Crippen LogP) is 3.95. The lowest BCUT2D eigenvalue weighted by molar-refractivity contribution is 0.102. The molecule has 0 spiro atoms. The van der Waals surface area contributed by atoms with Gasteiger partial charge in [0.05, 0.1) is 6.61 Å². The average molecular weight is 575 g/mol. The molecule has 0 saturated carbocycles. The van der Waals surface area contributed by atoms with Gasteiger partial charge in [-0.2, -0.15) is 0 Å². The van der Waals surface area contributed by atoms with Crippen LogP contribution in [-0.4, -0.2) is 78.2 Å². The Kier molecular flexibility index (Phi) is 10.3. The maximum Gasteiger partial charge on any atom is 0.320 e. The van der Waals surface area contributed by atoms with E-state index in [2.05, 4.69) is 56.7 Å². The third-order valence-corrected chi connectivity index (χ3v) is 7.28. The van der Waals surface area contributed by atoms with Crippen molar-refractivity contribution in [2.24, 2.45) is 0 Å². The van der Waals surface area contributed by atoms with Crippen LogP contribution in [0, 0.1) is 18.8 Å². The molecule has 3 aromatic rings. The zero-order valence-electron chi connectivity index (χ0n) is 23.5. The standard InChI is InChI=1S/C31H35ClN6O3/c1-21-4-7-24(16-23(21)8-5-22-6-11-29(34-18-22)36-31(41)33-13-15-39)30(40)35-26-10-9-25(28(32)17-26)19-38-14-12-27(20-38)37(2)3/h4,6-7,9-11,16-18,27,39H,12-15,19-20H2,1-3H3,(H,35,40)(H2,33,34,36,41). The smallest absolute Gasteiger partial charge is 0.320 e. The maximum atomic E-state index is 13.0. The van der Waals surface area contributed by atoms with Crippen LogP contribution in [0.3, 0.4) is 0 Å². The van der Waals surface area contributed by atoms with Crippen molar-refractivity contribution in [2.75, 3.05) is 51.0 Å². The van der Waals surface area contributed by atoms with Crippen molar-refractivity contribution in [1.29, 1.82) is 0 Å². The van der Waals surface area contributed by atoms with Gasteiger partial charge in [0.2, 0.25) is 0 Å². The Morgan fingerprint density at radius 3 is 2.63 bits per heavy atom. The number of carbonyl (C=O) groups excluding carboxylic acids is 2. The minimum Gasteiger partial charge on any atom is -0.395 e. The number of rotatable bonds is 8. The van der Waals surface area contributed by atoms with Gasteiger partial charge in [-0.15, -0.1) is 0 Å². The number of aliphatic hydroxyl groups excluding tert-OH is 1. The van der Waals surface area contributed by atoms with E-state index in [9.17, 15) is 9.59 Å². The SMILES string of the molecule is Cc1ccc(C(=O)Nc2ccc(CN3CCC(N(C)C)C3)c(Cl)c2)cc1C#Cc1ccc(NC(=O)NCCO)nc1. The molecule has 10 heteroatoms. The Morgan fingerprint density at radius 2 is 1.95 bits per heavy atom. The van der Waals surface area contributed by atoms with Crippen molar-refractivity contribution >= 4 is 35.0 Å². The third-order valence-electron chi connectivity index (χ3n) is 6.93. The first-order valence-corrected chi connectivity index (χ1v) is 13.8. The largest absolute Gasteiger partial charge is 0.395 e. The van der Waals surface area contributed by atoms with Crippen LogP contribution in [-0.2, 0) is 6.54 Å². The number of nitrogens with zero attached hydrogens (tertiary/aromatic N) is 3. The lowest BCUT2D eigenvalue weighted by Gasteiger charge is -2.21. The van der Waals surface area contributed by atoms with E-state index in [0.717, 1.165) is 42.7 Å². The summed E-state index contributed by atoms with van der Waals surface area (Å²) < 4.78 is 0. The Hall–Kier alpha value is -3.94. The van der Waals surface area contributed by atoms with Gasteiger partial charge in [-0.05, 0) is 75.0 Å². The van der Waals surface area contributed by atoms with Gasteiger partial charge >= 0.3 is 6.03 Å². The molecule has 4 N–H and O–H groups in total. The minimum absolute atomic E-state index is 0.143. The van der Waals surface area contributed by atoms with Crippen LogP contribution < -0.4 is 16.0 Å². The number of anilines is 2. The highest BCUT2D eigenvalue weighted by Gasteiger charge is 2.24. The zero-order chi connectivity index (χ0) is 29.4. The summed E-state index contributed by atoms with van der Waals surface area (Å²) in [7, 11) is 4.23. The molecule has 41 heavy (non-hydrogen) atoms. The monoisotopic (exact) mass is 574 g/mol. The van der Waals surface area contributed by atoms with Crippen molar-refractivity contribution in [1.82, 2.24) is 20.1 Å². The van der Waals surface area contributed by atoms with Crippen LogP contribution in [0.25, 0.3) is 0 Å². The molecule has 1 fully saturated rings. The van der Waals surface area contributed by atoms with Crippen LogP contribution in [0.15, 0.2) is 54.7 Å². The molecular weight excluding hydrogens is 540 g/mol. The number of aromatic nitrogens is 1. The fraction of sp³-hybridized carbons (Fsp3) is 0.323. The molecule has 1 aliphatic heterocycles. The number of urea groups is 1. The van der Waals surface area contributed by atoms with Gasteiger partial charge in [0, 0.05) is 65.8 Å². The highest BCUT2D eigenvalue weighted by atomic mass is 35.5. The lowest BCUT2D eigenvalue weighted by atomic mass is 10.0. The first-order chi connectivity index (χ1) is 19.7. The maximum absolute atomic E-state index is 13.0. The van der Waals surface area contributed by atoms with E-state index in [-0.39, 0.29) is 19.1 Å². The summed E-state index contributed by atoms with van der Waals surface area (Å²) in [4.78, 5) is 33.6. The summed E-state index contributed by atoms with van der Waals surface area (Å²) in [5, 5.41) is 17.4. The van der Waals surface area contributed by atoms with E-state index >= 15 is 0 Å². The molecule has 3 amide bonds. The van der Waals surface area contributed by atoms with Gasteiger partial charge in [-0.3, -0.25) is 15.0 Å². The number of likely N-dealkylation sites (tertiary alicyclic amines) is 1. The van der Waals surface area contributed by atoms with Gasteiger partial charge in [0.25, 0.3) is 5.91 Å². The normalized spacial score (nSPS) is 14.8. The predicted molar refractivity (Wildman–Crippen MR) is 162 cm³/mol. The number of halogens is 1. The first kappa shape index (κ1) is 30.0. The average Bonchev–Trinajstić information content (AvgIpc) is 3.43. The molecule has 1 unspecified atom stereocenters. The van der Waals surface area contributed by atoms with Gasteiger partial charge in [-0.1, -0.05) is 35.6 Å². The van der Waals surface area contributed by atoms with Crippen molar-refractivity contribution < 1.29 is 14.7 Å². The number of benzene rings is 2. The van der Waals surface area contributed by atoms with Crippen molar-refractivity contribution in [2.45, 2.75) is 25.9 Å². The summed E-state index contributed by atoms with van der Waals surface area (Å²) in [5.74, 6) is 6.28. The molecule has 0 radical (unpaired) electrons. The van der Waals surface area contributed by atoms with Crippen LogP contribution in [0.5, 0.6) is 0 Å². The van der Waals surface area contributed by atoms with E-state index in [1.54, 1.807) is 36.5 Å². The summed E-state index contributed by atoms with van der Waals surface area (Å²) in [5.41, 5.74) is 4.47. The molecule has 2 aromatic carbocycles. The van der Waals surface area contributed by atoms with Crippen LogP contribution >= 0.6 is 11.6 Å². The Balaban J connectivity index is 1.38. The van der Waals surface area contributed by atoms with Gasteiger partial charge < -0.3 is 20.6 Å². The number of amides is 3. The molecule has 1 aromatic heterocycles. The van der Waals surface area contributed by atoms with Crippen molar-refractivity contribution in [3.63, 3.8) is 0 Å². The topological polar surface area (TPSA) is 110 Å². The highest BCUT2D eigenvalue weighted by molar-refractivity contribution is 6.31. The number of nitrogens with one attached hydrogen (secondary N) is 3. The number of carbonyl (C=O) groups is 2. The van der Waals surface area contributed by atoms with Crippen molar-refractivity contribution in [3.8, 4) is 11.8 Å². The van der Waals surface area contributed by atoms with Gasteiger partial charge in [-0.25, -0.2) is 9.78 Å². The summed E-state index contributed by atoms with van der Waals surface area (Å²) in [6.45, 7) is 4.79. The van der Waals surface area contributed by atoms with E-state index in [0.29, 0.717) is 33.7 Å². The molecule has 0 aliphatic carbocycles. The van der Waals surface area contributed by atoms with Crippen LogP contribution in [0.1, 0.15) is 39.0 Å². The molecular formula is C31H35ClN6O3. The van der Waals surface area contributed by atoms with E-state index in [1.165, 1.54) is 0 Å². The quantitative estimate of drug-likeness (QED) is 0.303. The third kappa shape index (κ3) is 8.52. The van der Waals surface area contributed by atoms with E-state index in [1.807, 2.05) is 25.1 Å². The number of aliphatic hydroxyl groups is 1. The molecule has 1 atom stereocenters. The number of aryl methyl sites for hydroxylation is 1. The summed E-state index contributed by atoms with van der Waals surface area (Å²) in [6.07, 6.45) is 2.70. The molecule has 214 valence electrons. The fourth-order valence-electron chi connectivity index (χ4n) is 4.48. The second kappa shape index (κ2) is 14.1. The summed E-state index contributed by atoms with van der Waals surface area (Å²) >= 11 is 6.59. The Bertz CT molecular complexity index is 1450. The molecule has 1 aliphatic rings. The summed E-state index contributed by atoms with van der Waals surface area (Å²) in [6, 6.07) is 14.5. The second-order valence-corrected chi connectivity index (χ2v) is 10.6. The zero-order valence-corrected chi connectivity index (χ0v) is 24.3. The number of pyridine rings is 1. The van der Waals surface area contributed by atoms with E-state index in [4.69, 9.17) is 16.7 Å². The Labute approximate surface area is 245 Å². The first-order valence-electron chi connectivity index (χ1n) is 13.4. The highest BCUT2D eigenvalue weighted by Crippen LogP contribution is 2.25. The Morgan fingerprint density at radius 1 is 1.12 bits per heavy atom. The molecule has 4 rings (SSSR count). The fourth-order valence-corrected chi connectivity index (χ4v) is 4.72. The molecule has 9 nitrogen and oxygen atoms in total. The number of hydrogen-bond donors (Lipinski definition) is 4. The second-order valence-electron chi connectivity index (χ2n) is 10.2. The van der Waals surface area contributed by atoms with Gasteiger partial charge in [0.1, 0.15) is 5.82 Å². The van der Waals surface area contributed by atoms with Crippen LogP contribution in [0.2, 0.25) is 5.02 Å². The van der Waals surface area contributed by atoms with Gasteiger partial charge in [0.15, 0.2) is 0 Å².